The summed E-state index contributed by atoms with van der Waals surface area (Å²) in [5.74, 6) is 0.0278. The molecule has 0 fully saturated rings. The molecule has 0 spiro atoms. The molecule has 9 heterocycles. The number of hydrazone groups is 1. The molecular formula is C45H56N22O2. The summed E-state index contributed by atoms with van der Waals surface area (Å²) in [6.45, 7) is 2.27. The lowest BCUT2D eigenvalue weighted by molar-refractivity contribution is -0.127. The van der Waals surface area contributed by atoms with E-state index in [9.17, 15) is 9.59 Å². The summed E-state index contributed by atoms with van der Waals surface area (Å²) in [5, 5.41) is 47.3. The van der Waals surface area contributed by atoms with Gasteiger partial charge in [0.1, 0.15) is 12.9 Å². The van der Waals surface area contributed by atoms with Gasteiger partial charge in [-0.05, 0) is 76.0 Å². The van der Waals surface area contributed by atoms with Crippen LogP contribution < -0.4 is 0 Å². The Morgan fingerprint density at radius 1 is 0.551 bits per heavy atom. The van der Waals surface area contributed by atoms with Crippen molar-refractivity contribution in [3.8, 4) is 0 Å². The molecule has 2 aliphatic heterocycles. The van der Waals surface area contributed by atoms with E-state index in [0.29, 0.717) is 6.42 Å². The number of nitrogens with zero attached hydrogens (tertiary/aromatic N) is 22. The van der Waals surface area contributed by atoms with Gasteiger partial charge in [0.25, 0.3) is 5.91 Å². The van der Waals surface area contributed by atoms with Crippen molar-refractivity contribution in [2.45, 2.75) is 13.3 Å². The maximum absolute atomic E-state index is 10.4. The Balaban J connectivity index is 0.000000171. The Morgan fingerprint density at radius 3 is 1.70 bits per heavy atom. The van der Waals surface area contributed by atoms with Crippen LogP contribution in [0.1, 0.15) is 12.0 Å². The zero-order valence-electron chi connectivity index (χ0n) is 40.0. The highest BCUT2D eigenvalue weighted by atomic mass is 16.2. The number of aromatic nitrogens is 17. The predicted molar refractivity (Wildman–Crippen MR) is 260 cm³/mol. The van der Waals surface area contributed by atoms with Crippen molar-refractivity contribution >= 4 is 50.9 Å². The summed E-state index contributed by atoms with van der Waals surface area (Å²) in [6.07, 6.45) is 17.8. The number of tetrazole rings is 2. The lowest BCUT2D eigenvalue weighted by atomic mass is 10.2. The Hall–Kier alpha value is -9.22. The molecule has 0 atom stereocenters. The summed E-state index contributed by atoms with van der Waals surface area (Å²) in [7, 11) is 14.5. The largest absolute Gasteiger partial charge is 0.351 e. The highest BCUT2D eigenvalue weighted by Crippen LogP contribution is 2.13. The molecule has 69 heavy (non-hydrogen) atoms. The third-order valence-electron chi connectivity index (χ3n) is 8.88. The van der Waals surface area contributed by atoms with E-state index in [4.69, 9.17) is 0 Å². The zero-order chi connectivity index (χ0) is 49.8. The highest BCUT2D eigenvalue weighted by molar-refractivity contribution is 5.93. The Bertz CT molecular complexity index is 2780. The first-order valence-electron chi connectivity index (χ1n) is 21.0. The van der Waals surface area contributed by atoms with Gasteiger partial charge in [0.15, 0.2) is 6.33 Å². The van der Waals surface area contributed by atoms with Gasteiger partial charge in [-0.15, -0.1) is 20.4 Å². The van der Waals surface area contributed by atoms with E-state index in [1.807, 2.05) is 86.9 Å². The molecule has 24 nitrogen and oxygen atoms in total. The van der Waals surface area contributed by atoms with Crippen molar-refractivity contribution in [2.75, 3.05) is 20.6 Å². The van der Waals surface area contributed by atoms with Gasteiger partial charge in [0, 0.05) is 97.4 Å². The van der Waals surface area contributed by atoms with Crippen molar-refractivity contribution in [3.63, 3.8) is 0 Å². The van der Waals surface area contributed by atoms with Crippen LogP contribution in [0.15, 0.2) is 163 Å². The number of hydrogen-bond donors (Lipinski definition) is 0. The van der Waals surface area contributed by atoms with E-state index in [2.05, 4.69) is 145 Å². The van der Waals surface area contributed by atoms with Crippen LogP contribution in [0, 0.1) is 6.92 Å². The zero-order valence-corrected chi connectivity index (χ0v) is 40.0. The summed E-state index contributed by atoms with van der Waals surface area (Å²) in [4.78, 5) is 30.5. The van der Waals surface area contributed by atoms with Crippen LogP contribution in [-0.4, -0.2) is 133 Å². The number of para-hydroxylation sites is 4. The molecular weight excluding hydrogens is 881 g/mol. The average Bonchev–Trinajstić information content (AvgIpc) is 4.23. The van der Waals surface area contributed by atoms with E-state index < -0.39 is 0 Å². The predicted octanol–water partition coefficient (Wildman–Crippen LogP) is 4.61. The second-order valence-electron chi connectivity index (χ2n) is 14.4. The maximum atomic E-state index is 10.4. The second-order valence-corrected chi connectivity index (χ2v) is 14.4. The van der Waals surface area contributed by atoms with Gasteiger partial charge in [0.2, 0.25) is 5.91 Å². The highest BCUT2D eigenvalue weighted by Gasteiger charge is 2.11. The third-order valence-corrected chi connectivity index (χ3v) is 8.88. The van der Waals surface area contributed by atoms with E-state index >= 15 is 0 Å². The van der Waals surface area contributed by atoms with Gasteiger partial charge in [-0.2, -0.15) is 20.1 Å². The number of likely N-dealkylation sites (N-methyl/N-ethyl adjacent to an activating group) is 1. The third kappa shape index (κ3) is 19.4. The Kier molecular flexibility index (Phi) is 21.7. The molecule has 358 valence electrons. The molecule has 0 unspecified atom stereocenters. The van der Waals surface area contributed by atoms with Gasteiger partial charge in [-0.1, -0.05) is 59.0 Å². The summed E-state index contributed by atoms with van der Waals surface area (Å²) < 4.78 is 9.05. The normalized spacial score (nSPS) is 11.6. The number of imidazole rings is 1. The Morgan fingerprint density at radius 2 is 1.28 bits per heavy atom. The number of benzene rings is 3. The molecule has 2 amide bonds. The monoisotopic (exact) mass is 936 g/mol. The average molecular weight is 937 g/mol. The standard InChI is InChI=1S/C10H9N.C9H9N.C8H8N2.C4H6N2O.C4H6N2.C3H5N3O.C3H5N3.2C2H4N4/c1-8-6-9-4-2-3-5-10(9)11-7-8;1-10-7-6-8-4-2-3-5-9(8)10;1-10-6-9-7-4-2-3-5-8(7)10;1-6-4(7)2-3-5-6;1-6-4-2-3-5-6;1-6-3(7)2-4-5-6;1-6-3-2-4-5-6;1-6-2-3-4-5-6;1-6-4-2-3-5-6/h2-7H,1H3;2-7H,1H3;2-6H,1H3;3H,2H2,1H3;2-4H,1H3;2H2,1H3;2-3H,1H3;2*2H,1H3. The quantitative estimate of drug-likeness (QED) is 0.202. The van der Waals surface area contributed by atoms with Crippen molar-refractivity contribution < 1.29 is 9.59 Å². The van der Waals surface area contributed by atoms with Crippen LogP contribution >= 0.6 is 0 Å². The number of aryl methyl sites for hydroxylation is 7. The van der Waals surface area contributed by atoms with Crippen LogP contribution in [0.4, 0.5) is 0 Å². The van der Waals surface area contributed by atoms with Crippen LogP contribution in [0.25, 0.3) is 32.8 Å². The van der Waals surface area contributed by atoms with Gasteiger partial charge < -0.3 is 9.13 Å². The minimum Gasteiger partial charge on any atom is -0.351 e. The first kappa shape index (κ1) is 52.4. The van der Waals surface area contributed by atoms with Gasteiger partial charge in [-0.25, -0.2) is 19.7 Å². The van der Waals surface area contributed by atoms with Gasteiger partial charge in [-0.3, -0.25) is 23.9 Å². The van der Waals surface area contributed by atoms with Crippen molar-refractivity contribution in [1.29, 1.82) is 0 Å². The molecule has 2 aliphatic rings. The molecule has 24 heteroatoms. The Labute approximate surface area is 398 Å². The number of amides is 2. The lowest BCUT2D eigenvalue weighted by Gasteiger charge is -1.98. The molecule has 10 aromatic rings. The summed E-state index contributed by atoms with van der Waals surface area (Å²) in [6, 6.07) is 30.7. The summed E-state index contributed by atoms with van der Waals surface area (Å²) >= 11 is 0. The van der Waals surface area contributed by atoms with Crippen LogP contribution in [-0.2, 0) is 51.9 Å². The minimum absolute atomic E-state index is 0.0417. The SMILES string of the molecule is CN1N=CCC1=O.CN1N=NCC1=O.Cc1cnc2ccccc2c1.Cn1ccc2ccccc21.Cn1cccn1.Cn1ccnn1.Cn1cnc2ccccc21.Cn1cnnn1.Cn1ncnn1. The fraction of sp³-hybridized carbons (Fsp3) is 0.244. The minimum atomic E-state index is -0.0417. The van der Waals surface area contributed by atoms with E-state index in [0.717, 1.165) is 11.0 Å². The van der Waals surface area contributed by atoms with Crippen LogP contribution in [0.5, 0.6) is 0 Å². The van der Waals surface area contributed by atoms with Gasteiger partial charge in [0.05, 0.1) is 42.5 Å². The van der Waals surface area contributed by atoms with Crippen LogP contribution in [0.2, 0.25) is 0 Å². The molecule has 3 aromatic carbocycles. The fourth-order valence-electron chi connectivity index (χ4n) is 5.30. The number of carbonyl (C=O) groups is 2. The van der Waals surface area contributed by atoms with Crippen molar-refractivity contribution in [1.82, 2.24) is 94.3 Å². The number of hydrogen-bond acceptors (Lipinski definition) is 16. The number of rotatable bonds is 0. The molecule has 0 saturated carbocycles. The molecule has 12 rings (SSSR count). The smallest absolute Gasteiger partial charge is 0.267 e. The van der Waals surface area contributed by atoms with E-state index in [-0.39, 0.29) is 18.4 Å². The maximum Gasteiger partial charge on any atom is 0.267 e. The topological polar surface area (TPSA) is 249 Å². The number of fused-ring (bicyclic) bond motifs is 3. The molecule has 0 bridgehead atoms. The van der Waals surface area contributed by atoms with E-state index in [1.165, 1.54) is 59.5 Å². The molecule has 0 saturated heterocycles. The molecule has 7 aromatic heterocycles. The number of pyridine rings is 1. The van der Waals surface area contributed by atoms with E-state index in [1.54, 1.807) is 62.4 Å². The van der Waals surface area contributed by atoms with Crippen molar-refractivity contribution in [3.05, 3.63) is 153 Å². The fourth-order valence-corrected chi connectivity index (χ4v) is 5.30. The summed E-state index contributed by atoms with van der Waals surface area (Å²) in [5.41, 5.74) is 5.82. The first-order valence-corrected chi connectivity index (χ1v) is 21.0. The number of carbonyl (C=O) groups excluding carboxylic acids is 2. The first-order chi connectivity index (χ1) is 33.3. The second kappa shape index (κ2) is 28.6. The molecule has 0 aliphatic carbocycles. The molecule has 0 N–H and O–H groups in total. The lowest BCUT2D eigenvalue weighted by Crippen LogP contribution is -2.16. The molecule has 0 radical (unpaired) electrons. The van der Waals surface area contributed by atoms with Crippen molar-refractivity contribution in [2.24, 2.45) is 57.7 Å². The van der Waals surface area contributed by atoms with Gasteiger partial charge >= 0.3 is 0 Å². The van der Waals surface area contributed by atoms with Crippen LogP contribution in [0.3, 0.4) is 0 Å².